The molecular weight excluding hydrogens is 496 g/mol. The molecule has 3 rings (SSSR count). The highest BCUT2D eigenvalue weighted by Gasteiger charge is 2.43. The van der Waals surface area contributed by atoms with Crippen molar-refractivity contribution < 1.29 is 50.9 Å². The zero-order valence-corrected chi connectivity index (χ0v) is 19.1. The average Bonchev–Trinajstić information content (AvgIpc) is 3.42. The molecule has 34 heavy (non-hydrogen) atoms. The van der Waals surface area contributed by atoms with Crippen molar-refractivity contribution in [3.05, 3.63) is 22.4 Å². The van der Waals surface area contributed by atoms with Gasteiger partial charge in [-0.1, -0.05) is 6.07 Å². The molecule has 0 radical (unpaired) electrons. The van der Waals surface area contributed by atoms with Crippen LogP contribution in [0.1, 0.15) is 17.7 Å². The van der Waals surface area contributed by atoms with Crippen molar-refractivity contribution in [2.24, 2.45) is 0 Å². The summed E-state index contributed by atoms with van der Waals surface area (Å²) in [6, 6.07) is 5.58. The van der Waals surface area contributed by atoms with Crippen LogP contribution in [0.25, 0.3) is 0 Å². The first-order valence-corrected chi connectivity index (χ1v) is 10.7. The summed E-state index contributed by atoms with van der Waals surface area (Å²) in [4.78, 5) is 37.8. The number of carbonyl (C=O) groups is 3. The number of aliphatic carboxylic acids is 2. The number of likely N-dealkylation sites (tertiary alicyclic amines) is 2. The van der Waals surface area contributed by atoms with E-state index in [4.69, 9.17) is 19.8 Å². The number of hydrogen-bond acceptors (Lipinski definition) is 6. The summed E-state index contributed by atoms with van der Waals surface area (Å²) >= 11 is 1.84. The summed E-state index contributed by atoms with van der Waals surface area (Å²) in [5.41, 5.74) is 0. The first-order chi connectivity index (χ1) is 15.5. The summed E-state index contributed by atoms with van der Waals surface area (Å²) < 4.78 is 63.5. The fourth-order valence-corrected chi connectivity index (χ4v) is 4.20. The topological polar surface area (TPSA) is 101 Å². The standard InChI is InChI=1S/C15H23N3OS.2C2HF3O2/c1-16(2)15(19)11-18-8-6-13-14(18)5-7-17(13)10-12-4-3-9-20-12;2*3-2(4,5)1(6)7/h3-4,9,13-14H,5-8,10-11H2,1-2H3;2*(H,6,7)/t13-,14+;;/m1../s1. The number of carboxylic acids is 2. The Kier molecular flexibility index (Phi) is 10.8. The van der Waals surface area contributed by atoms with Crippen LogP contribution in [-0.4, -0.2) is 101 Å². The number of halogens is 6. The van der Waals surface area contributed by atoms with E-state index in [1.54, 1.807) is 4.90 Å². The molecular formula is C19H25F6N3O5S. The number of fused-ring (bicyclic) bond motifs is 1. The quantitative estimate of drug-likeness (QED) is 0.588. The van der Waals surface area contributed by atoms with Crippen LogP contribution in [0.5, 0.6) is 0 Å². The molecule has 2 aliphatic rings. The Morgan fingerprint density at radius 3 is 1.79 bits per heavy atom. The largest absolute Gasteiger partial charge is 0.490 e. The number of likely N-dealkylation sites (N-methyl/N-ethyl adjacent to an activating group) is 1. The van der Waals surface area contributed by atoms with Crippen molar-refractivity contribution in [3.8, 4) is 0 Å². The lowest BCUT2D eigenvalue weighted by atomic mass is 10.1. The van der Waals surface area contributed by atoms with Crippen molar-refractivity contribution in [2.75, 3.05) is 33.7 Å². The van der Waals surface area contributed by atoms with Crippen LogP contribution >= 0.6 is 11.3 Å². The second-order valence-corrected chi connectivity index (χ2v) is 8.66. The molecule has 15 heteroatoms. The molecule has 0 unspecified atom stereocenters. The van der Waals surface area contributed by atoms with Gasteiger partial charge in [-0.2, -0.15) is 26.3 Å². The molecule has 2 aliphatic heterocycles. The van der Waals surface area contributed by atoms with Gasteiger partial charge < -0.3 is 15.1 Å². The number of carboxylic acid groups (broad SMARTS) is 2. The molecule has 0 spiro atoms. The Morgan fingerprint density at radius 1 is 0.971 bits per heavy atom. The van der Waals surface area contributed by atoms with E-state index in [-0.39, 0.29) is 5.91 Å². The van der Waals surface area contributed by atoms with E-state index in [0.29, 0.717) is 18.6 Å². The van der Waals surface area contributed by atoms with Gasteiger partial charge in [0.2, 0.25) is 5.91 Å². The second kappa shape index (κ2) is 12.4. The number of carbonyl (C=O) groups excluding carboxylic acids is 1. The maximum absolute atomic E-state index is 11.9. The van der Waals surface area contributed by atoms with Gasteiger partial charge in [0, 0.05) is 50.7 Å². The normalized spacial score (nSPS) is 20.5. The monoisotopic (exact) mass is 521 g/mol. The molecule has 1 aromatic heterocycles. The van der Waals surface area contributed by atoms with Crippen molar-refractivity contribution in [2.45, 2.75) is 43.8 Å². The first-order valence-electron chi connectivity index (χ1n) is 9.84. The van der Waals surface area contributed by atoms with Crippen LogP contribution in [0.2, 0.25) is 0 Å². The van der Waals surface area contributed by atoms with Gasteiger partial charge in [-0.15, -0.1) is 11.3 Å². The van der Waals surface area contributed by atoms with E-state index in [2.05, 4.69) is 27.3 Å². The van der Waals surface area contributed by atoms with Gasteiger partial charge in [0.1, 0.15) is 0 Å². The number of nitrogens with zero attached hydrogens (tertiary/aromatic N) is 3. The molecule has 0 saturated carbocycles. The Balaban J connectivity index is 0.000000343. The van der Waals surface area contributed by atoms with Gasteiger partial charge in [0.15, 0.2) is 0 Å². The predicted molar refractivity (Wildman–Crippen MR) is 109 cm³/mol. The summed E-state index contributed by atoms with van der Waals surface area (Å²) in [5, 5.41) is 16.4. The Bertz CT molecular complexity index is 792. The smallest absolute Gasteiger partial charge is 0.475 e. The maximum Gasteiger partial charge on any atom is 0.490 e. The zero-order chi connectivity index (χ0) is 26.3. The molecule has 3 heterocycles. The SMILES string of the molecule is CN(C)C(=O)CN1CC[C@@H]2[C@@H]1CCN2Cc1cccs1.O=C(O)C(F)(F)F.O=C(O)C(F)(F)F. The molecule has 0 aliphatic carbocycles. The van der Waals surface area contributed by atoms with Crippen LogP contribution in [0.15, 0.2) is 17.5 Å². The second-order valence-electron chi connectivity index (χ2n) is 7.63. The van der Waals surface area contributed by atoms with Gasteiger partial charge in [0.25, 0.3) is 0 Å². The maximum atomic E-state index is 11.9. The highest BCUT2D eigenvalue weighted by Crippen LogP contribution is 2.33. The highest BCUT2D eigenvalue weighted by molar-refractivity contribution is 7.09. The van der Waals surface area contributed by atoms with Gasteiger partial charge in [-0.25, -0.2) is 9.59 Å². The van der Waals surface area contributed by atoms with Crippen molar-refractivity contribution in [1.29, 1.82) is 0 Å². The van der Waals surface area contributed by atoms with Crippen molar-refractivity contribution >= 4 is 29.2 Å². The van der Waals surface area contributed by atoms with Crippen LogP contribution in [0.4, 0.5) is 26.3 Å². The summed E-state index contributed by atoms with van der Waals surface area (Å²) in [5.74, 6) is -5.29. The number of thiophene rings is 1. The van der Waals surface area contributed by atoms with E-state index >= 15 is 0 Å². The van der Waals surface area contributed by atoms with Gasteiger partial charge in [-0.05, 0) is 24.3 Å². The van der Waals surface area contributed by atoms with Gasteiger partial charge >= 0.3 is 24.3 Å². The molecule has 2 fully saturated rings. The number of hydrogen-bond donors (Lipinski definition) is 2. The third-order valence-corrected chi connectivity index (χ3v) is 5.93. The molecule has 2 N–H and O–H groups in total. The van der Waals surface area contributed by atoms with E-state index in [0.717, 1.165) is 13.1 Å². The van der Waals surface area contributed by atoms with E-state index < -0.39 is 24.3 Å². The third kappa shape index (κ3) is 9.46. The molecule has 1 amide bonds. The average molecular weight is 521 g/mol. The van der Waals surface area contributed by atoms with E-state index in [1.807, 2.05) is 25.4 Å². The fourth-order valence-electron chi connectivity index (χ4n) is 3.47. The lowest BCUT2D eigenvalue weighted by molar-refractivity contribution is -0.193. The lowest BCUT2D eigenvalue weighted by Gasteiger charge is -2.25. The Hall–Kier alpha value is -2.39. The van der Waals surface area contributed by atoms with Crippen LogP contribution in [-0.2, 0) is 20.9 Å². The molecule has 8 nitrogen and oxygen atoms in total. The molecule has 2 saturated heterocycles. The van der Waals surface area contributed by atoms with E-state index in [1.165, 1.54) is 24.3 Å². The van der Waals surface area contributed by atoms with Crippen LogP contribution < -0.4 is 0 Å². The minimum atomic E-state index is -5.08. The molecule has 2 atom stereocenters. The van der Waals surface area contributed by atoms with Crippen molar-refractivity contribution in [3.63, 3.8) is 0 Å². The number of alkyl halides is 6. The Labute approximate surface area is 195 Å². The van der Waals surface area contributed by atoms with Gasteiger partial charge in [0.05, 0.1) is 6.54 Å². The first kappa shape index (κ1) is 29.6. The molecule has 0 bridgehead atoms. The third-order valence-electron chi connectivity index (χ3n) is 5.07. The minimum absolute atomic E-state index is 0.224. The zero-order valence-electron chi connectivity index (χ0n) is 18.3. The Morgan fingerprint density at radius 2 is 1.41 bits per heavy atom. The minimum Gasteiger partial charge on any atom is -0.475 e. The van der Waals surface area contributed by atoms with E-state index in [9.17, 15) is 31.1 Å². The highest BCUT2D eigenvalue weighted by atomic mass is 32.1. The predicted octanol–water partition coefficient (Wildman–Crippen LogP) is 2.75. The summed E-state index contributed by atoms with van der Waals surface area (Å²) in [6.45, 7) is 3.89. The number of amides is 1. The van der Waals surface area contributed by atoms with Crippen LogP contribution in [0, 0.1) is 0 Å². The summed E-state index contributed by atoms with van der Waals surface area (Å²) in [7, 11) is 3.68. The molecule has 1 aromatic rings. The number of rotatable bonds is 4. The van der Waals surface area contributed by atoms with Crippen molar-refractivity contribution in [1.82, 2.24) is 14.7 Å². The van der Waals surface area contributed by atoms with Crippen LogP contribution in [0.3, 0.4) is 0 Å². The van der Waals surface area contributed by atoms with Gasteiger partial charge in [-0.3, -0.25) is 14.6 Å². The molecule has 0 aromatic carbocycles. The molecule has 194 valence electrons. The lowest BCUT2D eigenvalue weighted by Crippen LogP contribution is -2.41. The fraction of sp³-hybridized carbons (Fsp3) is 0.632. The summed E-state index contributed by atoms with van der Waals surface area (Å²) in [6.07, 6.45) is -7.76.